The van der Waals surface area contributed by atoms with Crippen LogP contribution in [-0.2, 0) is 11.2 Å². The number of aliphatic hydroxyl groups excluding tert-OH is 1. The van der Waals surface area contributed by atoms with Gasteiger partial charge in [-0.3, -0.25) is 9.59 Å². The van der Waals surface area contributed by atoms with Gasteiger partial charge in [-0.15, -0.1) is 0 Å². The molecular weight excluding hydrogens is 442 g/mol. The molecule has 0 radical (unpaired) electrons. The van der Waals surface area contributed by atoms with Crippen molar-refractivity contribution < 1.29 is 14.7 Å². The van der Waals surface area contributed by atoms with Crippen LogP contribution in [0.5, 0.6) is 0 Å². The van der Waals surface area contributed by atoms with Crippen molar-refractivity contribution in [2.45, 2.75) is 26.2 Å². The molecular formula is C27H31N5O3. The van der Waals surface area contributed by atoms with Gasteiger partial charge in [-0.2, -0.15) is 0 Å². The molecule has 1 saturated heterocycles. The monoisotopic (exact) mass is 473 g/mol. The molecule has 0 spiro atoms. The summed E-state index contributed by atoms with van der Waals surface area (Å²) in [4.78, 5) is 36.8. The van der Waals surface area contributed by atoms with Gasteiger partial charge in [-0.1, -0.05) is 24.3 Å². The number of anilines is 2. The van der Waals surface area contributed by atoms with E-state index in [1.54, 1.807) is 35.1 Å². The van der Waals surface area contributed by atoms with Gasteiger partial charge in [0.2, 0.25) is 11.9 Å². The number of benzene rings is 2. The molecule has 0 saturated carbocycles. The van der Waals surface area contributed by atoms with Gasteiger partial charge in [-0.05, 0) is 55.2 Å². The highest BCUT2D eigenvalue weighted by Crippen LogP contribution is 2.21. The fourth-order valence-corrected chi connectivity index (χ4v) is 4.10. The molecule has 2 amide bonds. The summed E-state index contributed by atoms with van der Waals surface area (Å²) in [5, 5.41) is 12.1. The molecule has 0 bridgehead atoms. The lowest BCUT2D eigenvalue weighted by Gasteiger charge is -2.34. The first-order valence-electron chi connectivity index (χ1n) is 12.0. The van der Waals surface area contributed by atoms with Gasteiger partial charge < -0.3 is 20.2 Å². The molecule has 8 nitrogen and oxygen atoms in total. The Kier molecular flexibility index (Phi) is 8.05. The van der Waals surface area contributed by atoms with Crippen LogP contribution in [0, 0.1) is 0 Å². The van der Waals surface area contributed by atoms with Crippen LogP contribution in [0.3, 0.4) is 0 Å². The standard InChI is InChI=1S/C27H31N5O3/c1-20(34)31-15-17-32(18-16-31)26(35)23-9-11-24(12-10-23)29-27-28-14-13-25(30-27)22-7-5-21(6-8-22)4-2-3-19-33/h5-14,33H,2-4,15-19H2,1H3,(H,28,29,30). The molecule has 1 aromatic heterocycles. The highest BCUT2D eigenvalue weighted by Gasteiger charge is 2.23. The molecule has 182 valence electrons. The molecule has 1 aliphatic heterocycles. The Labute approximate surface area is 205 Å². The Morgan fingerprint density at radius 2 is 1.60 bits per heavy atom. The van der Waals surface area contributed by atoms with Gasteiger partial charge in [0.15, 0.2) is 0 Å². The first-order valence-corrected chi connectivity index (χ1v) is 12.0. The lowest BCUT2D eigenvalue weighted by Crippen LogP contribution is -2.50. The SMILES string of the molecule is CC(=O)N1CCN(C(=O)c2ccc(Nc3nccc(-c4ccc(CCCCO)cc4)n3)cc2)CC1. The first kappa shape index (κ1) is 24.3. The molecule has 0 unspecified atom stereocenters. The predicted molar refractivity (Wildman–Crippen MR) is 135 cm³/mol. The number of unbranched alkanes of at least 4 members (excludes halogenated alkanes) is 1. The smallest absolute Gasteiger partial charge is 0.253 e. The maximum Gasteiger partial charge on any atom is 0.253 e. The van der Waals surface area contributed by atoms with Gasteiger partial charge in [0.25, 0.3) is 5.91 Å². The summed E-state index contributed by atoms with van der Waals surface area (Å²) >= 11 is 0. The quantitative estimate of drug-likeness (QED) is 0.486. The number of aryl methyl sites for hydroxylation is 1. The van der Waals surface area contributed by atoms with E-state index < -0.39 is 0 Å². The maximum atomic E-state index is 12.8. The Balaban J connectivity index is 1.36. The molecule has 4 rings (SSSR count). The van der Waals surface area contributed by atoms with Crippen molar-refractivity contribution in [3.63, 3.8) is 0 Å². The summed E-state index contributed by atoms with van der Waals surface area (Å²) in [5.41, 5.74) is 4.47. The number of hydrogen-bond donors (Lipinski definition) is 2. The zero-order chi connectivity index (χ0) is 24.6. The minimum atomic E-state index is -0.0298. The summed E-state index contributed by atoms with van der Waals surface area (Å²) in [7, 11) is 0. The van der Waals surface area contributed by atoms with Crippen molar-refractivity contribution in [1.82, 2.24) is 19.8 Å². The molecule has 35 heavy (non-hydrogen) atoms. The fourth-order valence-electron chi connectivity index (χ4n) is 4.10. The van der Waals surface area contributed by atoms with Crippen LogP contribution in [0.2, 0.25) is 0 Å². The van der Waals surface area contributed by atoms with E-state index >= 15 is 0 Å². The van der Waals surface area contributed by atoms with Gasteiger partial charge in [0.1, 0.15) is 0 Å². The van der Waals surface area contributed by atoms with Gasteiger partial charge >= 0.3 is 0 Å². The van der Waals surface area contributed by atoms with Crippen molar-refractivity contribution in [3.05, 3.63) is 71.9 Å². The van der Waals surface area contributed by atoms with E-state index in [9.17, 15) is 9.59 Å². The Hall–Kier alpha value is -3.78. The average Bonchev–Trinajstić information content (AvgIpc) is 2.89. The van der Waals surface area contributed by atoms with Crippen molar-refractivity contribution in [3.8, 4) is 11.3 Å². The molecule has 2 N–H and O–H groups in total. The predicted octanol–water partition coefficient (Wildman–Crippen LogP) is 3.51. The topological polar surface area (TPSA) is 98.7 Å². The number of hydrogen-bond acceptors (Lipinski definition) is 6. The lowest BCUT2D eigenvalue weighted by molar-refractivity contribution is -0.130. The summed E-state index contributed by atoms with van der Waals surface area (Å²) < 4.78 is 0. The van der Waals surface area contributed by atoms with Crippen LogP contribution in [0.4, 0.5) is 11.6 Å². The van der Waals surface area contributed by atoms with Crippen LogP contribution in [-0.4, -0.2) is 69.5 Å². The number of aliphatic hydroxyl groups is 1. The van der Waals surface area contributed by atoms with Gasteiger partial charge in [0.05, 0.1) is 5.69 Å². The van der Waals surface area contributed by atoms with Crippen LogP contribution < -0.4 is 5.32 Å². The highest BCUT2D eigenvalue weighted by molar-refractivity contribution is 5.94. The van der Waals surface area contributed by atoms with Crippen LogP contribution in [0.1, 0.15) is 35.7 Å². The Morgan fingerprint density at radius 1 is 0.914 bits per heavy atom. The van der Waals surface area contributed by atoms with Gasteiger partial charge in [0, 0.05) is 62.7 Å². The summed E-state index contributed by atoms with van der Waals surface area (Å²) in [5.74, 6) is 0.497. The number of amides is 2. The third kappa shape index (κ3) is 6.42. The molecule has 3 aromatic rings. The summed E-state index contributed by atoms with van der Waals surface area (Å²) in [6.07, 6.45) is 4.46. The Bertz CT molecular complexity index is 1140. The zero-order valence-corrected chi connectivity index (χ0v) is 20.0. The number of aromatic nitrogens is 2. The van der Waals surface area contributed by atoms with E-state index in [2.05, 4.69) is 39.6 Å². The second-order valence-electron chi connectivity index (χ2n) is 8.64. The minimum Gasteiger partial charge on any atom is -0.396 e. The highest BCUT2D eigenvalue weighted by atomic mass is 16.3. The third-order valence-corrected chi connectivity index (χ3v) is 6.18. The first-order chi connectivity index (χ1) is 17.0. The fraction of sp³-hybridized carbons (Fsp3) is 0.333. The summed E-state index contributed by atoms with van der Waals surface area (Å²) in [6.45, 7) is 4.02. The van der Waals surface area contributed by atoms with Gasteiger partial charge in [-0.25, -0.2) is 9.97 Å². The van der Waals surface area contributed by atoms with Crippen LogP contribution in [0.15, 0.2) is 60.8 Å². The number of carbonyl (C=O) groups is 2. The largest absolute Gasteiger partial charge is 0.396 e. The molecule has 8 heteroatoms. The average molecular weight is 474 g/mol. The molecule has 2 heterocycles. The number of carbonyl (C=O) groups excluding carboxylic acids is 2. The number of rotatable bonds is 8. The van der Waals surface area contributed by atoms with Crippen LogP contribution >= 0.6 is 0 Å². The van der Waals surface area contributed by atoms with Crippen molar-refractivity contribution >= 4 is 23.5 Å². The molecule has 1 aliphatic rings. The third-order valence-electron chi connectivity index (χ3n) is 6.18. The van der Waals surface area contributed by atoms with E-state index in [4.69, 9.17) is 5.11 Å². The normalized spacial score (nSPS) is 13.5. The minimum absolute atomic E-state index is 0.0298. The van der Waals surface area contributed by atoms with E-state index in [1.807, 2.05) is 18.2 Å². The lowest BCUT2D eigenvalue weighted by atomic mass is 10.0. The second-order valence-corrected chi connectivity index (χ2v) is 8.64. The van der Waals surface area contributed by atoms with E-state index in [-0.39, 0.29) is 18.4 Å². The van der Waals surface area contributed by atoms with E-state index in [1.165, 1.54) is 5.56 Å². The molecule has 0 aliphatic carbocycles. The zero-order valence-electron chi connectivity index (χ0n) is 20.0. The second kappa shape index (κ2) is 11.6. The van der Waals surface area contributed by atoms with Crippen molar-refractivity contribution in [2.75, 3.05) is 38.1 Å². The number of piperazine rings is 1. The number of nitrogens with zero attached hydrogens (tertiary/aromatic N) is 4. The maximum absolute atomic E-state index is 12.8. The van der Waals surface area contributed by atoms with E-state index in [0.29, 0.717) is 37.7 Å². The van der Waals surface area contributed by atoms with E-state index in [0.717, 1.165) is 36.2 Å². The summed E-state index contributed by atoms with van der Waals surface area (Å²) in [6, 6.07) is 17.4. The van der Waals surface area contributed by atoms with Crippen molar-refractivity contribution in [1.29, 1.82) is 0 Å². The number of nitrogens with one attached hydrogen (secondary N) is 1. The molecule has 0 atom stereocenters. The van der Waals surface area contributed by atoms with Crippen molar-refractivity contribution in [2.24, 2.45) is 0 Å². The molecule has 1 fully saturated rings. The molecule has 2 aromatic carbocycles. The Morgan fingerprint density at radius 3 is 2.26 bits per heavy atom. The van der Waals surface area contributed by atoms with Crippen LogP contribution in [0.25, 0.3) is 11.3 Å².